The van der Waals surface area contributed by atoms with Crippen LogP contribution >= 0.6 is 23.2 Å². The number of rotatable bonds is 4. The minimum Gasteiger partial charge on any atom is -0.367 e. The quantitative estimate of drug-likeness (QED) is 0.691. The van der Waals surface area contributed by atoms with Crippen molar-refractivity contribution in [3.05, 3.63) is 33.8 Å². The highest BCUT2D eigenvalue weighted by Gasteiger charge is 2.28. The standard InChI is InChI=1S/C17H22Cl2O2/c1-10-4-6-14(8-11(10)2)21-12(3)17(20)15-7-5-13(18)9-16(15)19/h5,7,9-12,14H,4,6,8H2,1-3H3. The van der Waals surface area contributed by atoms with Gasteiger partial charge in [-0.15, -0.1) is 0 Å². The van der Waals surface area contributed by atoms with E-state index in [-0.39, 0.29) is 11.9 Å². The SMILES string of the molecule is CC(OC1CCC(C)C(C)C1)C(=O)c1ccc(Cl)cc1Cl. The van der Waals surface area contributed by atoms with Gasteiger partial charge in [0.15, 0.2) is 5.78 Å². The summed E-state index contributed by atoms with van der Waals surface area (Å²) in [6.07, 6.45) is 2.90. The van der Waals surface area contributed by atoms with Gasteiger partial charge in [-0.2, -0.15) is 0 Å². The van der Waals surface area contributed by atoms with Crippen LogP contribution in [0, 0.1) is 11.8 Å². The van der Waals surface area contributed by atoms with Crippen molar-refractivity contribution in [2.24, 2.45) is 11.8 Å². The lowest BCUT2D eigenvalue weighted by molar-refractivity contribution is -0.0287. The number of benzene rings is 1. The third kappa shape index (κ3) is 4.21. The third-order valence-corrected chi connectivity index (χ3v) is 5.06. The average molecular weight is 329 g/mol. The fourth-order valence-corrected chi connectivity index (χ4v) is 3.38. The van der Waals surface area contributed by atoms with Crippen LogP contribution in [0.4, 0.5) is 0 Å². The van der Waals surface area contributed by atoms with Gasteiger partial charge in [0.2, 0.25) is 0 Å². The molecule has 0 spiro atoms. The number of ketones is 1. The lowest BCUT2D eigenvalue weighted by Gasteiger charge is -2.33. The van der Waals surface area contributed by atoms with Gasteiger partial charge in [0.05, 0.1) is 11.1 Å². The molecule has 0 N–H and O–H groups in total. The summed E-state index contributed by atoms with van der Waals surface area (Å²) in [5, 5.41) is 0.911. The van der Waals surface area contributed by atoms with E-state index in [9.17, 15) is 4.79 Å². The molecule has 1 fully saturated rings. The van der Waals surface area contributed by atoms with Crippen LogP contribution in [0.5, 0.6) is 0 Å². The molecule has 2 rings (SSSR count). The summed E-state index contributed by atoms with van der Waals surface area (Å²) < 4.78 is 5.97. The molecule has 0 heterocycles. The van der Waals surface area contributed by atoms with E-state index in [0.29, 0.717) is 21.5 Å². The summed E-state index contributed by atoms with van der Waals surface area (Å²) in [6.45, 7) is 6.33. The van der Waals surface area contributed by atoms with Gasteiger partial charge in [-0.3, -0.25) is 4.79 Å². The van der Waals surface area contributed by atoms with Crippen molar-refractivity contribution < 1.29 is 9.53 Å². The zero-order chi connectivity index (χ0) is 15.6. The molecule has 0 radical (unpaired) electrons. The van der Waals surface area contributed by atoms with Gasteiger partial charge >= 0.3 is 0 Å². The van der Waals surface area contributed by atoms with Crippen molar-refractivity contribution >= 4 is 29.0 Å². The first-order valence-electron chi connectivity index (χ1n) is 7.53. The third-order valence-electron chi connectivity index (χ3n) is 4.51. The van der Waals surface area contributed by atoms with Crippen molar-refractivity contribution in [2.75, 3.05) is 0 Å². The van der Waals surface area contributed by atoms with E-state index in [1.54, 1.807) is 25.1 Å². The van der Waals surface area contributed by atoms with E-state index in [1.165, 1.54) is 0 Å². The molecule has 0 amide bonds. The van der Waals surface area contributed by atoms with Crippen molar-refractivity contribution in [3.8, 4) is 0 Å². The molecule has 1 saturated carbocycles. The van der Waals surface area contributed by atoms with E-state index in [1.807, 2.05) is 0 Å². The molecule has 4 unspecified atom stereocenters. The monoisotopic (exact) mass is 328 g/mol. The summed E-state index contributed by atoms with van der Waals surface area (Å²) in [5.41, 5.74) is 0.478. The Morgan fingerprint density at radius 2 is 1.95 bits per heavy atom. The molecular weight excluding hydrogens is 307 g/mol. The normalized spacial score (nSPS) is 27.4. The van der Waals surface area contributed by atoms with Gasteiger partial charge < -0.3 is 4.74 Å². The molecule has 0 bridgehead atoms. The number of carbonyl (C=O) groups is 1. The second-order valence-corrected chi connectivity index (χ2v) is 7.00. The maximum Gasteiger partial charge on any atom is 0.192 e. The first-order chi connectivity index (χ1) is 9.88. The van der Waals surface area contributed by atoms with Crippen molar-refractivity contribution in [1.82, 2.24) is 0 Å². The van der Waals surface area contributed by atoms with Crippen LogP contribution in [-0.2, 0) is 4.74 Å². The second kappa shape index (κ2) is 7.13. The molecule has 21 heavy (non-hydrogen) atoms. The molecule has 4 atom stereocenters. The lowest BCUT2D eigenvalue weighted by atomic mass is 9.80. The first kappa shape index (κ1) is 16.8. The van der Waals surface area contributed by atoms with E-state index in [2.05, 4.69) is 13.8 Å². The summed E-state index contributed by atoms with van der Waals surface area (Å²) in [5.74, 6) is 1.30. The largest absolute Gasteiger partial charge is 0.367 e. The Kier molecular flexibility index (Phi) is 5.70. The number of carbonyl (C=O) groups excluding carboxylic acids is 1. The van der Waals surface area contributed by atoms with Crippen molar-refractivity contribution in [1.29, 1.82) is 0 Å². The highest BCUT2D eigenvalue weighted by molar-refractivity contribution is 6.37. The Balaban J connectivity index is 1.99. The lowest BCUT2D eigenvalue weighted by Crippen LogP contribution is -2.32. The maximum absolute atomic E-state index is 12.4. The summed E-state index contributed by atoms with van der Waals surface area (Å²) >= 11 is 12.0. The Morgan fingerprint density at radius 3 is 2.57 bits per heavy atom. The molecule has 2 nitrogen and oxygen atoms in total. The van der Waals surface area contributed by atoms with Gasteiger partial charge in [0, 0.05) is 10.6 Å². The first-order valence-corrected chi connectivity index (χ1v) is 8.28. The molecule has 116 valence electrons. The fourth-order valence-electron chi connectivity index (χ4n) is 2.88. The zero-order valence-corrected chi connectivity index (χ0v) is 14.2. The predicted molar refractivity (Wildman–Crippen MR) is 87.3 cm³/mol. The maximum atomic E-state index is 12.4. The number of Topliss-reactive ketones (excluding diaryl/α,β-unsaturated/α-hetero) is 1. The van der Waals surface area contributed by atoms with Gasteiger partial charge in [0.25, 0.3) is 0 Å². The summed E-state index contributed by atoms with van der Waals surface area (Å²) in [7, 11) is 0. The van der Waals surface area contributed by atoms with Gasteiger partial charge in [-0.25, -0.2) is 0 Å². The molecule has 0 saturated heterocycles. The van der Waals surface area contributed by atoms with Crippen molar-refractivity contribution in [3.63, 3.8) is 0 Å². The number of hydrogen-bond acceptors (Lipinski definition) is 2. The molecule has 0 aromatic heterocycles. The average Bonchev–Trinajstić information content (AvgIpc) is 2.42. The van der Waals surface area contributed by atoms with E-state index >= 15 is 0 Å². The van der Waals surface area contributed by atoms with Gasteiger partial charge in [-0.05, 0) is 56.2 Å². The molecule has 1 aromatic rings. The Hall–Kier alpha value is -0.570. The molecular formula is C17H22Cl2O2. The molecule has 1 aliphatic rings. The van der Waals surface area contributed by atoms with Crippen LogP contribution in [0.3, 0.4) is 0 Å². The molecule has 0 aliphatic heterocycles. The fraction of sp³-hybridized carbons (Fsp3) is 0.588. The van der Waals surface area contributed by atoms with E-state index in [4.69, 9.17) is 27.9 Å². The van der Waals surface area contributed by atoms with Crippen molar-refractivity contribution in [2.45, 2.75) is 52.2 Å². The topological polar surface area (TPSA) is 26.3 Å². The second-order valence-electron chi connectivity index (χ2n) is 6.16. The Labute approximate surface area is 136 Å². The van der Waals surface area contributed by atoms with Crippen LogP contribution in [-0.4, -0.2) is 18.0 Å². The highest BCUT2D eigenvalue weighted by atomic mass is 35.5. The van der Waals surface area contributed by atoms with Crippen LogP contribution in [0.25, 0.3) is 0 Å². The van der Waals surface area contributed by atoms with Crippen LogP contribution in [0.15, 0.2) is 18.2 Å². The molecule has 1 aromatic carbocycles. The van der Waals surface area contributed by atoms with Crippen LogP contribution < -0.4 is 0 Å². The number of hydrogen-bond donors (Lipinski definition) is 0. The van der Waals surface area contributed by atoms with Crippen LogP contribution in [0.1, 0.15) is 50.4 Å². The zero-order valence-electron chi connectivity index (χ0n) is 12.7. The molecule has 4 heteroatoms. The Bertz CT molecular complexity index is 516. The number of ether oxygens (including phenoxy) is 1. The minimum absolute atomic E-state index is 0.0806. The highest BCUT2D eigenvalue weighted by Crippen LogP contribution is 2.32. The van der Waals surface area contributed by atoms with Gasteiger partial charge in [0.1, 0.15) is 6.10 Å². The number of halogens is 2. The minimum atomic E-state index is -0.478. The van der Waals surface area contributed by atoms with Gasteiger partial charge in [-0.1, -0.05) is 37.0 Å². The van der Waals surface area contributed by atoms with E-state index < -0.39 is 6.10 Å². The van der Waals surface area contributed by atoms with E-state index in [0.717, 1.165) is 25.2 Å². The predicted octanol–water partition coefficient (Wildman–Crippen LogP) is 5.41. The summed E-state index contributed by atoms with van der Waals surface area (Å²) in [6, 6.07) is 4.93. The molecule has 1 aliphatic carbocycles. The summed E-state index contributed by atoms with van der Waals surface area (Å²) in [4.78, 5) is 12.4. The Morgan fingerprint density at radius 1 is 1.24 bits per heavy atom. The van der Waals surface area contributed by atoms with Crippen LogP contribution in [0.2, 0.25) is 10.0 Å². The smallest absolute Gasteiger partial charge is 0.192 e.